The van der Waals surface area contributed by atoms with Crippen molar-refractivity contribution in [2.75, 3.05) is 10.6 Å². The quantitative estimate of drug-likeness (QED) is 0.270. The Balaban J connectivity index is 1.44. The zero-order valence-corrected chi connectivity index (χ0v) is 20.5. The molecule has 0 radical (unpaired) electrons. The first kappa shape index (κ1) is 23.3. The number of hydrogen-bond donors (Lipinski definition) is 2. The third-order valence-electron chi connectivity index (χ3n) is 4.96. The summed E-state index contributed by atoms with van der Waals surface area (Å²) in [7, 11) is 0. The third-order valence-corrected chi connectivity index (χ3v) is 7.69. The Morgan fingerprint density at radius 3 is 2.39 bits per heavy atom. The van der Waals surface area contributed by atoms with Crippen molar-refractivity contribution in [1.29, 1.82) is 0 Å². The molecule has 3 aromatic carbocycles. The van der Waals surface area contributed by atoms with Gasteiger partial charge in [-0.05, 0) is 67.9 Å². The van der Waals surface area contributed by atoms with Crippen molar-refractivity contribution < 1.29 is 9.59 Å². The molecule has 2 N–H and O–H groups in total. The van der Waals surface area contributed by atoms with Crippen LogP contribution in [0.1, 0.15) is 29.3 Å². The lowest BCUT2D eigenvalue weighted by molar-refractivity contribution is -0.115. The summed E-state index contributed by atoms with van der Waals surface area (Å²) < 4.78 is 1.76. The van der Waals surface area contributed by atoms with Crippen LogP contribution in [-0.2, 0) is 4.79 Å². The number of amides is 2. The lowest BCUT2D eigenvalue weighted by atomic mass is 10.1. The minimum absolute atomic E-state index is 0.0740. The highest BCUT2D eigenvalue weighted by Gasteiger charge is 2.20. The number of nitrogens with zero attached hydrogens (tertiary/aromatic N) is 1. The summed E-state index contributed by atoms with van der Waals surface area (Å²) in [5, 5.41) is 6.22. The number of anilines is 2. The van der Waals surface area contributed by atoms with Gasteiger partial charge in [0.2, 0.25) is 5.91 Å². The topological polar surface area (TPSA) is 71.1 Å². The van der Waals surface area contributed by atoms with Crippen LogP contribution >= 0.6 is 34.7 Å². The fourth-order valence-electron chi connectivity index (χ4n) is 3.14. The van der Waals surface area contributed by atoms with Gasteiger partial charge in [-0.1, -0.05) is 48.0 Å². The fourth-order valence-corrected chi connectivity index (χ4v) is 5.54. The molecule has 0 bridgehead atoms. The highest BCUT2D eigenvalue weighted by molar-refractivity contribution is 8.02. The zero-order chi connectivity index (χ0) is 23.4. The predicted molar refractivity (Wildman–Crippen MR) is 139 cm³/mol. The number of thiazole rings is 1. The van der Waals surface area contributed by atoms with Crippen molar-refractivity contribution in [2.24, 2.45) is 0 Å². The molecule has 0 saturated carbocycles. The first-order valence-electron chi connectivity index (χ1n) is 10.4. The van der Waals surface area contributed by atoms with E-state index in [0.29, 0.717) is 28.4 Å². The van der Waals surface area contributed by atoms with E-state index in [0.717, 1.165) is 20.1 Å². The largest absolute Gasteiger partial charge is 0.325 e. The number of halogens is 1. The third kappa shape index (κ3) is 5.93. The smallest absolute Gasteiger partial charge is 0.255 e. The number of rotatable bonds is 7. The van der Waals surface area contributed by atoms with Gasteiger partial charge in [-0.25, -0.2) is 4.98 Å². The first-order chi connectivity index (χ1) is 15.9. The van der Waals surface area contributed by atoms with Gasteiger partial charge in [-0.3, -0.25) is 9.59 Å². The van der Waals surface area contributed by atoms with Gasteiger partial charge in [-0.2, -0.15) is 0 Å². The average Bonchev–Trinajstić information content (AvgIpc) is 3.21. The number of nitrogens with one attached hydrogen (secondary N) is 2. The maximum absolute atomic E-state index is 12.7. The Bertz CT molecular complexity index is 1290. The SMILES string of the molecule is CC[C@@H](Sc1nc2ccc(NC(=O)c3ccc(C)cc3)cc2s1)C(=O)Nc1ccc(Cl)cc1. The van der Waals surface area contributed by atoms with Gasteiger partial charge < -0.3 is 10.6 Å². The number of hydrogen-bond acceptors (Lipinski definition) is 5. The second-order valence-corrected chi connectivity index (χ2v) is 10.4. The van der Waals surface area contributed by atoms with Crippen molar-refractivity contribution >= 4 is 68.1 Å². The van der Waals surface area contributed by atoms with E-state index in [1.165, 1.54) is 23.1 Å². The van der Waals surface area contributed by atoms with E-state index in [9.17, 15) is 9.59 Å². The van der Waals surface area contributed by atoms with E-state index in [1.807, 2.05) is 56.3 Å². The average molecular weight is 496 g/mol. The molecule has 33 heavy (non-hydrogen) atoms. The van der Waals surface area contributed by atoms with Crippen LogP contribution in [0.5, 0.6) is 0 Å². The van der Waals surface area contributed by atoms with Crippen LogP contribution in [-0.4, -0.2) is 22.0 Å². The first-order valence-corrected chi connectivity index (χ1v) is 12.5. The Morgan fingerprint density at radius 2 is 1.70 bits per heavy atom. The van der Waals surface area contributed by atoms with Crippen LogP contribution < -0.4 is 10.6 Å². The van der Waals surface area contributed by atoms with Crippen molar-refractivity contribution in [3.8, 4) is 0 Å². The number of carbonyl (C=O) groups is 2. The molecule has 0 aliphatic carbocycles. The van der Waals surface area contributed by atoms with Crippen molar-refractivity contribution in [1.82, 2.24) is 4.98 Å². The molecule has 0 aliphatic rings. The number of aromatic nitrogens is 1. The molecule has 0 unspecified atom stereocenters. The van der Waals surface area contributed by atoms with Crippen LogP contribution in [0.25, 0.3) is 10.2 Å². The van der Waals surface area contributed by atoms with Crippen LogP contribution in [0.3, 0.4) is 0 Å². The molecule has 0 spiro atoms. The molecule has 0 aliphatic heterocycles. The Labute approximate surface area is 205 Å². The van der Waals surface area contributed by atoms with Gasteiger partial charge in [0.15, 0.2) is 4.34 Å². The molecule has 0 fully saturated rings. The Kier molecular flexibility index (Phi) is 7.33. The van der Waals surface area contributed by atoms with E-state index < -0.39 is 0 Å². The molecule has 4 rings (SSSR count). The van der Waals surface area contributed by atoms with Gasteiger partial charge in [-0.15, -0.1) is 11.3 Å². The number of fused-ring (bicyclic) bond motifs is 1. The van der Waals surface area contributed by atoms with Crippen LogP contribution in [0, 0.1) is 6.92 Å². The molecule has 8 heteroatoms. The lowest BCUT2D eigenvalue weighted by Gasteiger charge is -2.13. The fraction of sp³-hybridized carbons (Fsp3) is 0.160. The molecule has 2 amide bonds. The van der Waals surface area contributed by atoms with E-state index >= 15 is 0 Å². The van der Waals surface area contributed by atoms with Gasteiger partial charge in [0, 0.05) is 22.0 Å². The molecule has 1 aromatic heterocycles. The van der Waals surface area contributed by atoms with Gasteiger partial charge in [0.05, 0.1) is 15.5 Å². The van der Waals surface area contributed by atoms with Crippen molar-refractivity contribution in [2.45, 2.75) is 29.9 Å². The van der Waals surface area contributed by atoms with E-state index in [2.05, 4.69) is 15.6 Å². The van der Waals surface area contributed by atoms with Crippen molar-refractivity contribution in [3.05, 3.63) is 82.9 Å². The summed E-state index contributed by atoms with van der Waals surface area (Å²) in [5.41, 5.74) is 3.97. The molecular weight excluding hydrogens is 474 g/mol. The standard InChI is InChI=1S/C25H22ClN3O2S2/c1-3-21(24(31)27-18-10-8-17(26)9-11-18)32-25-29-20-13-12-19(14-22(20)33-25)28-23(30)16-6-4-15(2)5-7-16/h4-14,21H,3H2,1-2H3,(H,27,31)(H,28,30)/t21-/m1/s1. The van der Waals surface area contributed by atoms with E-state index in [-0.39, 0.29) is 17.1 Å². The summed E-state index contributed by atoms with van der Waals surface area (Å²) in [6.07, 6.45) is 0.665. The summed E-state index contributed by atoms with van der Waals surface area (Å²) >= 11 is 8.87. The molecule has 4 aromatic rings. The van der Waals surface area contributed by atoms with Gasteiger partial charge >= 0.3 is 0 Å². The second-order valence-electron chi connectivity index (χ2n) is 7.49. The summed E-state index contributed by atoms with van der Waals surface area (Å²) in [6.45, 7) is 3.96. The monoisotopic (exact) mass is 495 g/mol. The van der Waals surface area contributed by atoms with E-state index in [1.54, 1.807) is 24.3 Å². The number of carbonyl (C=O) groups excluding carboxylic acids is 2. The molecule has 5 nitrogen and oxygen atoms in total. The normalized spacial score (nSPS) is 11.8. The highest BCUT2D eigenvalue weighted by atomic mass is 35.5. The molecular formula is C25H22ClN3O2S2. The summed E-state index contributed by atoms with van der Waals surface area (Å²) in [5.74, 6) is -0.228. The van der Waals surface area contributed by atoms with Crippen LogP contribution in [0.4, 0.5) is 11.4 Å². The molecule has 1 heterocycles. The zero-order valence-electron chi connectivity index (χ0n) is 18.1. The number of benzene rings is 3. The molecule has 1 atom stereocenters. The Morgan fingerprint density at radius 1 is 1.00 bits per heavy atom. The van der Waals surface area contributed by atoms with Crippen molar-refractivity contribution in [3.63, 3.8) is 0 Å². The van der Waals surface area contributed by atoms with E-state index in [4.69, 9.17) is 11.6 Å². The van der Waals surface area contributed by atoms with Gasteiger partial charge in [0.1, 0.15) is 0 Å². The Hall–Kier alpha value is -2.87. The number of thioether (sulfide) groups is 1. The molecule has 168 valence electrons. The molecule has 0 saturated heterocycles. The van der Waals surface area contributed by atoms with Gasteiger partial charge in [0.25, 0.3) is 5.91 Å². The number of aryl methyl sites for hydroxylation is 1. The minimum atomic E-state index is -0.276. The van der Waals surface area contributed by atoms with Crippen LogP contribution in [0.2, 0.25) is 5.02 Å². The summed E-state index contributed by atoms with van der Waals surface area (Å²) in [4.78, 5) is 29.9. The van der Waals surface area contributed by atoms with Crippen LogP contribution in [0.15, 0.2) is 71.1 Å². The summed E-state index contributed by atoms with van der Waals surface area (Å²) in [6, 6.07) is 20.1. The second kappa shape index (κ2) is 10.4. The maximum Gasteiger partial charge on any atom is 0.255 e. The maximum atomic E-state index is 12.7. The predicted octanol–water partition coefficient (Wildman–Crippen LogP) is 7.02. The lowest BCUT2D eigenvalue weighted by Crippen LogP contribution is -2.24. The highest BCUT2D eigenvalue weighted by Crippen LogP contribution is 2.35. The minimum Gasteiger partial charge on any atom is -0.325 e.